The number of anilines is 3. The number of fused-ring (bicyclic) bond motifs is 4. The van der Waals surface area contributed by atoms with Gasteiger partial charge in [-0.15, -0.1) is 0 Å². The molecule has 5 heteroatoms. The summed E-state index contributed by atoms with van der Waals surface area (Å²) in [5.41, 5.74) is 15.0. The molecule has 0 spiro atoms. The Bertz CT molecular complexity index is 2850. The minimum Gasteiger partial charge on any atom is -0.309 e. The quantitative estimate of drug-likeness (QED) is 0.162. The van der Waals surface area contributed by atoms with Crippen molar-refractivity contribution >= 4 is 49.9 Å². The Morgan fingerprint density at radius 1 is 0.556 bits per heavy atom. The van der Waals surface area contributed by atoms with Crippen molar-refractivity contribution in [1.29, 1.82) is 0 Å². The summed E-state index contributed by atoms with van der Waals surface area (Å²) in [5, 5.41) is 2.40. The molecule has 0 fully saturated rings. The van der Waals surface area contributed by atoms with Gasteiger partial charge in [-0.3, -0.25) is 4.57 Å². The van der Waals surface area contributed by atoms with Crippen molar-refractivity contribution < 1.29 is 0 Å². The Labute approximate surface area is 317 Å². The molecule has 0 aliphatic carbocycles. The van der Waals surface area contributed by atoms with Crippen LogP contribution in [-0.2, 0) is 5.54 Å². The zero-order valence-electron chi connectivity index (χ0n) is 31.7. The number of aromatic nitrogens is 4. The molecule has 5 nitrogen and oxygen atoms in total. The zero-order valence-corrected chi connectivity index (χ0v) is 31.7. The number of hydrogen-bond donors (Lipinski definition) is 0. The Morgan fingerprint density at radius 2 is 1.20 bits per heavy atom. The third kappa shape index (κ3) is 5.55. The molecule has 0 atom stereocenters. The molecule has 9 rings (SSSR count). The number of hydrogen-bond acceptors (Lipinski definition) is 2. The van der Waals surface area contributed by atoms with Crippen LogP contribution in [0.1, 0.15) is 37.5 Å². The minimum absolute atomic E-state index is 0.0745. The van der Waals surface area contributed by atoms with Crippen LogP contribution in [0.3, 0.4) is 0 Å². The van der Waals surface area contributed by atoms with E-state index in [1.165, 1.54) is 49.7 Å². The van der Waals surface area contributed by atoms with Gasteiger partial charge in [-0.2, -0.15) is 4.57 Å². The van der Waals surface area contributed by atoms with E-state index in [1.54, 1.807) is 0 Å². The summed E-state index contributed by atoms with van der Waals surface area (Å²) >= 11 is 0. The van der Waals surface area contributed by atoms with Crippen LogP contribution in [0.15, 0.2) is 158 Å². The number of rotatable bonds is 6. The molecule has 0 saturated carbocycles. The fourth-order valence-electron chi connectivity index (χ4n) is 8.15. The maximum atomic E-state index is 4.99. The van der Waals surface area contributed by atoms with Crippen LogP contribution in [0, 0.1) is 20.8 Å². The molecule has 0 amide bonds. The van der Waals surface area contributed by atoms with E-state index >= 15 is 0 Å². The van der Waals surface area contributed by atoms with Crippen molar-refractivity contribution in [1.82, 2.24) is 18.7 Å². The Kier molecular flexibility index (Phi) is 7.97. The molecular formula is C49H44N5+. The van der Waals surface area contributed by atoms with Crippen molar-refractivity contribution in [3.05, 3.63) is 175 Å². The first-order chi connectivity index (χ1) is 26.2. The van der Waals surface area contributed by atoms with Gasteiger partial charge in [0.1, 0.15) is 11.5 Å². The summed E-state index contributed by atoms with van der Waals surface area (Å²) in [7, 11) is 0. The number of aryl methyl sites for hydroxylation is 3. The second-order valence-electron chi connectivity index (χ2n) is 15.4. The van der Waals surface area contributed by atoms with E-state index in [2.05, 4.69) is 212 Å². The smallest absolute Gasteiger partial charge is 0.191 e. The van der Waals surface area contributed by atoms with Gasteiger partial charge in [0, 0.05) is 46.9 Å². The second-order valence-corrected chi connectivity index (χ2v) is 15.4. The maximum Gasteiger partial charge on any atom is 0.191 e. The maximum absolute atomic E-state index is 4.99. The van der Waals surface area contributed by atoms with Gasteiger partial charge in [-0.1, -0.05) is 66.7 Å². The average molecular weight is 703 g/mol. The lowest BCUT2D eigenvalue weighted by Crippen LogP contribution is -2.20. The SMILES string of the molecule is Cc1ccccc1-c1ccnc(-n2c3ccccc3c3ccc(N(c4cccc(-n5[cH+]n(C(C)(C)C)c6ccccc65)c4)c4c(C)cccc4C)cc32)c1. The summed E-state index contributed by atoms with van der Waals surface area (Å²) in [6.07, 6.45) is 4.18. The highest BCUT2D eigenvalue weighted by atomic mass is 15.2. The largest absolute Gasteiger partial charge is 0.309 e. The molecular weight excluding hydrogens is 659 g/mol. The minimum atomic E-state index is -0.0745. The monoisotopic (exact) mass is 702 g/mol. The van der Waals surface area contributed by atoms with E-state index in [9.17, 15) is 0 Å². The zero-order chi connectivity index (χ0) is 37.1. The summed E-state index contributed by atoms with van der Waals surface area (Å²) in [6.45, 7) is 13.4. The standard InChI is InChI=1S/C49H44N5/c1-33-15-7-8-20-40(33)36-27-28-50-47(29-36)54-43-22-10-9-21-41(43)42-26-25-39(31-46(42)54)53(48-34(2)16-13-17-35(48)3)38-19-14-18-37(30-38)51-32-52(49(4,5)6)45-24-12-11-23-44(45)51/h7-32H,1-6H3/q+1. The summed E-state index contributed by atoms with van der Waals surface area (Å²) in [5.74, 6) is 0.895. The van der Waals surface area contributed by atoms with Crippen molar-refractivity contribution in [2.45, 2.75) is 47.1 Å². The van der Waals surface area contributed by atoms with E-state index in [-0.39, 0.29) is 5.54 Å². The third-order valence-corrected chi connectivity index (χ3v) is 10.7. The lowest BCUT2D eigenvalue weighted by atomic mass is 10.0. The summed E-state index contributed by atoms with van der Waals surface area (Å²) in [4.78, 5) is 7.42. The Morgan fingerprint density at radius 3 is 1.98 bits per heavy atom. The van der Waals surface area contributed by atoms with Gasteiger partial charge >= 0.3 is 0 Å². The fraction of sp³-hybridized carbons (Fsp3) is 0.143. The van der Waals surface area contributed by atoms with Gasteiger partial charge in [0.2, 0.25) is 0 Å². The van der Waals surface area contributed by atoms with Crippen LogP contribution in [0.4, 0.5) is 17.1 Å². The fourth-order valence-corrected chi connectivity index (χ4v) is 8.15. The van der Waals surface area contributed by atoms with E-state index in [1.807, 2.05) is 6.20 Å². The number of benzene rings is 6. The van der Waals surface area contributed by atoms with Gasteiger partial charge in [0.25, 0.3) is 0 Å². The normalized spacial score (nSPS) is 11.9. The molecule has 3 aromatic heterocycles. The molecule has 3 heterocycles. The molecule has 0 saturated heterocycles. The molecule has 0 bridgehead atoms. The third-order valence-electron chi connectivity index (χ3n) is 10.7. The van der Waals surface area contributed by atoms with E-state index in [0.717, 1.165) is 39.5 Å². The number of pyridine rings is 1. The number of nitrogens with zero attached hydrogens (tertiary/aromatic N) is 5. The predicted octanol–water partition coefficient (Wildman–Crippen LogP) is 13.0. The van der Waals surface area contributed by atoms with Crippen LogP contribution in [0.25, 0.3) is 55.5 Å². The van der Waals surface area contributed by atoms with Crippen LogP contribution >= 0.6 is 0 Å². The average Bonchev–Trinajstić information content (AvgIpc) is 3.73. The number of imidazole rings is 1. The molecule has 0 N–H and O–H groups in total. The van der Waals surface area contributed by atoms with Crippen molar-refractivity contribution in [3.8, 4) is 22.6 Å². The van der Waals surface area contributed by atoms with Crippen molar-refractivity contribution in [2.75, 3.05) is 4.90 Å². The molecule has 264 valence electrons. The summed E-state index contributed by atoms with van der Waals surface area (Å²) in [6, 6.07) is 52.6. The Hall–Kier alpha value is -6.46. The van der Waals surface area contributed by atoms with Crippen molar-refractivity contribution in [2.24, 2.45) is 0 Å². The highest BCUT2D eigenvalue weighted by Crippen LogP contribution is 2.43. The van der Waals surface area contributed by atoms with Crippen LogP contribution in [0.5, 0.6) is 0 Å². The van der Waals surface area contributed by atoms with Gasteiger partial charge in [-0.05, 0) is 124 Å². The molecule has 0 unspecified atom stereocenters. The second kappa shape index (κ2) is 12.9. The van der Waals surface area contributed by atoms with E-state index in [0.29, 0.717) is 0 Å². The van der Waals surface area contributed by atoms with Crippen LogP contribution in [-0.4, -0.2) is 18.7 Å². The molecule has 0 aliphatic rings. The van der Waals surface area contributed by atoms with Crippen LogP contribution in [0.2, 0.25) is 0 Å². The molecule has 9 aromatic rings. The number of para-hydroxylation sites is 4. The highest BCUT2D eigenvalue weighted by Gasteiger charge is 2.26. The first kappa shape index (κ1) is 33.4. The lowest BCUT2D eigenvalue weighted by molar-refractivity contribution is 0.406. The topological polar surface area (TPSA) is 30.9 Å². The highest BCUT2D eigenvalue weighted by molar-refractivity contribution is 6.10. The van der Waals surface area contributed by atoms with E-state index in [4.69, 9.17) is 4.98 Å². The predicted molar refractivity (Wildman–Crippen MR) is 227 cm³/mol. The van der Waals surface area contributed by atoms with Gasteiger partial charge < -0.3 is 4.90 Å². The lowest BCUT2D eigenvalue weighted by Gasteiger charge is -2.29. The van der Waals surface area contributed by atoms with Gasteiger partial charge in [0.15, 0.2) is 17.4 Å². The summed E-state index contributed by atoms with van der Waals surface area (Å²) < 4.78 is 7.01. The van der Waals surface area contributed by atoms with Gasteiger partial charge in [0.05, 0.1) is 27.9 Å². The van der Waals surface area contributed by atoms with Crippen molar-refractivity contribution in [3.63, 3.8) is 0 Å². The molecule has 6 aromatic carbocycles. The molecule has 54 heavy (non-hydrogen) atoms. The Balaban J connectivity index is 1.27. The van der Waals surface area contributed by atoms with E-state index < -0.39 is 0 Å². The van der Waals surface area contributed by atoms with Crippen LogP contribution < -0.4 is 4.90 Å². The first-order valence-electron chi connectivity index (χ1n) is 18.7. The molecule has 0 aliphatic heterocycles. The first-order valence-corrected chi connectivity index (χ1v) is 18.7. The molecule has 0 radical (unpaired) electrons. The van der Waals surface area contributed by atoms with Gasteiger partial charge in [-0.25, -0.2) is 9.55 Å².